The molecule has 0 spiro atoms. The summed E-state index contributed by atoms with van der Waals surface area (Å²) in [5.41, 5.74) is 8.38. The van der Waals surface area contributed by atoms with Crippen molar-refractivity contribution in [2.45, 2.75) is 45.2 Å². The van der Waals surface area contributed by atoms with E-state index in [1.54, 1.807) is 14.2 Å². The summed E-state index contributed by atoms with van der Waals surface area (Å²) in [6.45, 7) is 1.97. The molecule has 1 heterocycles. The van der Waals surface area contributed by atoms with Gasteiger partial charge in [0, 0.05) is 19.2 Å². The van der Waals surface area contributed by atoms with Crippen LogP contribution in [0.15, 0.2) is 54.6 Å². The second-order valence-corrected chi connectivity index (χ2v) is 8.79. The Balaban J connectivity index is 1.56. The molecule has 0 bridgehead atoms. The third kappa shape index (κ3) is 6.53. The lowest BCUT2D eigenvalue weighted by Gasteiger charge is -2.25. The van der Waals surface area contributed by atoms with Gasteiger partial charge in [-0.2, -0.15) is 9.97 Å². The highest BCUT2D eigenvalue weighted by atomic mass is 16.5. The van der Waals surface area contributed by atoms with Crippen LogP contribution in [-0.4, -0.2) is 30.8 Å². The molecule has 0 atom stereocenters. The van der Waals surface area contributed by atoms with Crippen molar-refractivity contribution < 1.29 is 14.2 Å². The standard InChI is InChI=1S/C27H34N4O3/c1-32-23-12-8-20(9-13-23)17-31(18-21-10-14-24(33-2)15-11-21)25-16-26(30-27(28)29-25)34-19-22-6-4-3-5-7-22/h8-16,22H,3-7,17-19H2,1-2H3,(H2,28,29,30). The minimum Gasteiger partial charge on any atom is -0.497 e. The Hall–Kier alpha value is -3.48. The van der Waals surface area contributed by atoms with Crippen molar-refractivity contribution in [2.24, 2.45) is 5.92 Å². The summed E-state index contributed by atoms with van der Waals surface area (Å²) in [5.74, 6) is 3.72. The molecule has 7 nitrogen and oxygen atoms in total. The zero-order valence-corrected chi connectivity index (χ0v) is 20.1. The highest BCUT2D eigenvalue weighted by Gasteiger charge is 2.17. The fraction of sp³-hybridized carbons (Fsp3) is 0.407. The fourth-order valence-electron chi connectivity index (χ4n) is 4.34. The zero-order chi connectivity index (χ0) is 23.8. The maximum absolute atomic E-state index is 6.11. The van der Waals surface area contributed by atoms with Crippen molar-refractivity contribution in [3.05, 3.63) is 65.7 Å². The topological polar surface area (TPSA) is 82.7 Å². The molecule has 0 saturated heterocycles. The summed E-state index contributed by atoms with van der Waals surface area (Å²) < 4.78 is 16.7. The van der Waals surface area contributed by atoms with Gasteiger partial charge in [-0.15, -0.1) is 0 Å². The van der Waals surface area contributed by atoms with Crippen molar-refractivity contribution in [1.82, 2.24) is 9.97 Å². The van der Waals surface area contributed by atoms with Crippen molar-refractivity contribution in [2.75, 3.05) is 31.5 Å². The molecule has 0 radical (unpaired) electrons. The van der Waals surface area contributed by atoms with Gasteiger partial charge >= 0.3 is 0 Å². The number of methoxy groups -OCH3 is 2. The van der Waals surface area contributed by atoms with Crippen molar-refractivity contribution >= 4 is 11.8 Å². The number of nitrogens with zero attached hydrogens (tertiary/aromatic N) is 3. The first-order valence-electron chi connectivity index (χ1n) is 11.9. The van der Waals surface area contributed by atoms with Crippen LogP contribution in [0.25, 0.3) is 0 Å². The molecule has 3 aromatic rings. The predicted octanol–water partition coefficient (Wildman–Crippen LogP) is 5.24. The van der Waals surface area contributed by atoms with Gasteiger partial charge in [0.05, 0.1) is 20.8 Å². The van der Waals surface area contributed by atoms with E-state index in [-0.39, 0.29) is 5.95 Å². The van der Waals surface area contributed by atoms with E-state index in [1.807, 2.05) is 30.3 Å². The summed E-state index contributed by atoms with van der Waals surface area (Å²) in [4.78, 5) is 11.1. The fourth-order valence-corrected chi connectivity index (χ4v) is 4.34. The smallest absolute Gasteiger partial charge is 0.225 e. The zero-order valence-electron chi connectivity index (χ0n) is 20.1. The van der Waals surface area contributed by atoms with Crippen molar-refractivity contribution in [3.63, 3.8) is 0 Å². The lowest BCUT2D eigenvalue weighted by molar-refractivity contribution is 0.203. The van der Waals surface area contributed by atoms with Gasteiger partial charge in [-0.1, -0.05) is 43.5 Å². The van der Waals surface area contributed by atoms with E-state index in [1.165, 1.54) is 32.1 Å². The molecule has 4 rings (SSSR count). The number of nitrogens with two attached hydrogens (primary N) is 1. The van der Waals surface area contributed by atoms with Gasteiger partial charge in [-0.05, 0) is 54.2 Å². The first-order valence-corrected chi connectivity index (χ1v) is 11.9. The summed E-state index contributed by atoms with van der Waals surface area (Å²) in [6, 6.07) is 18.0. The van der Waals surface area contributed by atoms with Gasteiger partial charge < -0.3 is 24.8 Å². The van der Waals surface area contributed by atoms with Gasteiger partial charge in [-0.25, -0.2) is 0 Å². The van der Waals surface area contributed by atoms with Crippen LogP contribution in [-0.2, 0) is 13.1 Å². The maximum atomic E-state index is 6.11. The average molecular weight is 463 g/mol. The molecule has 1 saturated carbocycles. The summed E-state index contributed by atoms with van der Waals surface area (Å²) >= 11 is 0. The lowest BCUT2D eigenvalue weighted by Crippen LogP contribution is -2.24. The van der Waals surface area contributed by atoms with E-state index in [4.69, 9.17) is 19.9 Å². The Kier molecular flexibility index (Phi) is 8.07. The Bertz CT molecular complexity index is 985. The molecule has 1 aliphatic carbocycles. The molecule has 2 aromatic carbocycles. The highest BCUT2D eigenvalue weighted by Crippen LogP contribution is 2.27. The molecular formula is C27H34N4O3. The van der Waals surface area contributed by atoms with E-state index in [9.17, 15) is 0 Å². The summed E-state index contributed by atoms with van der Waals surface area (Å²) in [5, 5.41) is 0. The second kappa shape index (κ2) is 11.6. The average Bonchev–Trinajstić information content (AvgIpc) is 2.88. The molecule has 34 heavy (non-hydrogen) atoms. The molecule has 0 amide bonds. The third-order valence-corrected chi connectivity index (χ3v) is 6.29. The molecule has 0 aliphatic heterocycles. The minimum absolute atomic E-state index is 0.214. The second-order valence-electron chi connectivity index (χ2n) is 8.79. The SMILES string of the molecule is COc1ccc(CN(Cc2ccc(OC)cc2)c2cc(OCC3CCCCC3)nc(N)n2)cc1. The van der Waals surface area contributed by atoms with Crippen LogP contribution < -0.4 is 24.8 Å². The van der Waals surface area contributed by atoms with E-state index in [0.29, 0.717) is 31.5 Å². The number of hydrogen-bond donors (Lipinski definition) is 1. The quantitative estimate of drug-likeness (QED) is 0.441. The van der Waals surface area contributed by atoms with Crippen LogP contribution in [0, 0.1) is 5.92 Å². The van der Waals surface area contributed by atoms with E-state index in [2.05, 4.69) is 39.1 Å². The number of aromatic nitrogens is 2. The number of anilines is 2. The van der Waals surface area contributed by atoms with Crippen LogP contribution in [0.1, 0.15) is 43.2 Å². The van der Waals surface area contributed by atoms with Crippen LogP contribution in [0.2, 0.25) is 0 Å². The summed E-state index contributed by atoms with van der Waals surface area (Å²) in [7, 11) is 3.34. The molecule has 7 heteroatoms. The first kappa shape index (κ1) is 23.7. The predicted molar refractivity (Wildman–Crippen MR) is 134 cm³/mol. The first-order chi connectivity index (χ1) is 16.6. The van der Waals surface area contributed by atoms with Crippen LogP contribution in [0.3, 0.4) is 0 Å². The lowest BCUT2D eigenvalue weighted by atomic mass is 9.90. The third-order valence-electron chi connectivity index (χ3n) is 6.29. The largest absolute Gasteiger partial charge is 0.497 e. The van der Waals surface area contributed by atoms with Crippen LogP contribution in [0.4, 0.5) is 11.8 Å². The van der Waals surface area contributed by atoms with E-state index >= 15 is 0 Å². The molecule has 180 valence electrons. The maximum Gasteiger partial charge on any atom is 0.225 e. The van der Waals surface area contributed by atoms with Gasteiger partial charge in [0.15, 0.2) is 0 Å². The molecular weight excluding hydrogens is 428 g/mol. The number of rotatable bonds is 10. The van der Waals surface area contributed by atoms with E-state index < -0.39 is 0 Å². The summed E-state index contributed by atoms with van der Waals surface area (Å²) in [6.07, 6.45) is 6.32. The number of benzene rings is 2. The van der Waals surface area contributed by atoms with Crippen molar-refractivity contribution in [1.29, 1.82) is 0 Å². The number of hydrogen-bond acceptors (Lipinski definition) is 7. The van der Waals surface area contributed by atoms with Gasteiger partial charge in [0.25, 0.3) is 0 Å². The van der Waals surface area contributed by atoms with Gasteiger partial charge in [0.1, 0.15) is 17.3 Å². The van der Waals surface area contributed by atoms with Crippen LogP contribution >= 0.6 is 0 Å². The molecule has 1 aromatic heterocycles. The van der Waals surface area contributed by atoms with Gasteiger partial charge in [0.2, 0.25) is 11.8 Å². The Morgan fingerprint density at radius 1 is 0.824 bits per heavy atom. The monoisotopic (exact) mass is 462 g/mol. The highest BCUT2D eigenvalue weighted by molar-refractivity contribution is 5.47. The van der Waals surface area contributed by atoms with Crippen LogP contribution in [0.5, 0.6) is 17.4 Å². The number of ether oxygens (including phenoxy) is 3. The molecule has 1 fully saturated rings. The van der Waals surface area contributed by atoms with Crippen molar-refractivity contribution in [3.8, 4) is 17.4 Å². The Labute approximate surface area is 201 Å². The Morgan fingerprint density at radius 2 is 1.38 bits per heavy atom. The normalized spacial score (nSPS) is 13.9. The minimum atomic E-state index is 0.214. The Morgan fingerprint density at radius 3 is 1.91 bits per heavy atom. The molecule has 1 aliphatic rings. The molecule has 0 unspecified atom stereocenters. The number of nitrogen functional groups attached to an aromatic ring is 1. The van der Waals surface area contributed by atoms with E-state index in [0.717, 1.165) is 28.4 Å². The van der Waals surface area contributed by atoms with Gasteiger partial charge in [-0.3, -0.25) is 0 Å². The molecule has 2 N–H and O–H groups in total.